The third kappa shape index (κ3) is 1.98. The zero-order valence-corrected chi connectivity index (χ0v) is 12.2. The van der Waals surface area contributed by atoms with Gasteiger partial charge in [0.25, 0.3) is 0 Å². The Morgan fingerprint density at radius 2 is 2.33 bits per heavy atom. The maximum Gasteiger partial charge on any atom is 0.329 e. The van der Waals surface area contributed by atoms with Gasteiger partial charge < -0.3 is 10.0 Å². The van der Waals surface area contributed by atoms with Crippen molar-refractivity contribution in [2.75, 3.05) is 11.4 Å². The van der Waals surface area contributed by atoms with Gasteiger partial charge in [0.2, 0.25) is 0 Å². The second-order valence-electron chi connectivity index (χ2n) is 5.88. The molecule has 1 aliphatic heterocycles. The number of carboxylic acid groups (broad SMARTS) is 1. The Labute approximate surface area is 124 Å². The number of hydrogen-bond donors (Lipinski definition) is 1. The number of rotatable bonds is 3. The number of anilines is 1. The fourth-order valence-corrected chi connectivity index (χ4v) is 3.68. The highest BCUT2D eigenvalue weighted by atomic mass is 16.4. The predicted octanol–water partition coefficient (Wildman–Crippen LogP) is 2.28. The van der Waals surface area contributed by atoms with E-state index in [0.717, 1.165) is 36.9 Å². The summed E-state index contributed by atoms with van der Waals surface area (Å²) in [4.78, 5) is 18.3. The lowest BCUT2D eigenvalue weighted by atomic mass is 9.92. The van der Waals surface area contributed by atoms with E-state index in [2.05, 4.69) is 11.1 Å². The molecule has 21 heavy (non-hydrogen) atoms. The highest BCUT2D eigenvalue weighted by molar-refractivity contribution is 5.84. The van der Waals surface area contributed by atoms with E-state index < -0.39 is 11.5 Å². The van der Waals surface area contributed by atoms with Gasteiger partial charge in [-0.05, 0) is 50.2 Å². The average Bonchev–Trinajstić information content (AvgIpc) is 3.11. The van der Waals surface area contributed by atoms with Crippen molar-refractivity contribution in [3.8, 4) is 6.07 Å². The van der Waals surface area contributed by atoms with Crippen LogP contribution in [0.1, 0.15) is 49.4 Å². The molecule has 0 radical (unpaired) electrons. The molecule has 1 aliphatic carbocycles. The Hall–Kier alpha value is -2.09. The summed E-state index contributed by atoms with van der Waals surface area (Å²) in [6.07, 6.45) is 4.91. The van der Waals surface area contributed by atoms with Crippen LogP contribution in [0, 0.1) is 11.3 Å². The summed E-state index contributed by atoms with van der Waals surface area (Å²) in [5, 5.41) is 19.1. The molecule has 1 saturated heterocycles. The quantitative estimate of drug-likeness (QED) is 0.921. The van der Waals surface area contributed by atoms with E-state index in [1.54, 1.807) is 0 Å². The van der Waals surface area contributed by atoms with Crippen molar-refractivity contribution < 1.29 is 9.90 Å². The topological polar surface area (TPSA) is 77.2 Å². The van der Waals surface area contributed by atoms with Gasteiger partial charge in [0, 0.05) is 12.2 Å². The normalized spacial score (nSPS) is 23.9. The first kappa shape index (κ1) is 13.9. The molecule has 1 aromatic rings. The summed E-state index contributed by atoms with van der Waals surface area (Å²) in [7, 11) is 0. The minimum atomic E-state index is -0.911. The summed E-state index contributed by atoms with van der Waals surface area (Å²) in [6, 6.07) is 4.11. The fourth-order valence-electron chi connectivity index (χ4n) is 3.68. The molecule has 110 valence electrons. The van der Waals surface area contributed by atoms with Crippen LogP contribution >= 0.6 is 0 Å². The van der Waals surface area contributed by atoms with E-state index in [-0.39, 0.29) is 0 Å². The molecule has 0 amide bonds. The minimum Gasteiger partial charge on any atom is -0.479 e. The van der Waals surface area contributed by atoms with Crippen molar-refractivity contribution in [2.24, 2.45) is 0 Å². The van der Waals surface area contributed by atoms with Gasteiger partial charge in [-0.3, -0.25) is 0 Å². The lowest BCUT2D eigenvalue weighted by Crippen LogP contribution is -2.51. The van der Waals surface area contributed by atoms with Crippen LogP contribution in [0.15, 0.2) is 6.07 Å². The molecule has 0 spiro atoms. The number of fused-ring (bicyclic) bond motifs is 1. The summed E-state index contributed by atoms with van der Waals surface area (Å²) in [5.74, 6) is -0.242. The number of aliphatic carboxylic acids is 1. The highest BCUT2D eigenvalue weighted by Gasteiger charge is 2.47. The minimum absolute atomic E-state index is 0.511. The Balaban J connectivity index is 2.11. The molecular weight excluding hydrogens is 266 g/mol. The number of nitrogens with zero attached hydrogens (tertiary/aromatic N) is 3. The Kier molecular flexibility index (Phi) is 3.32. The van der Waals surface area contributed by atoms with E-state index in [9.17, 15) is 15.2 Å². The van der Waals surface area contributed by atoms with E-state index in [4.69, 9.17) is 0 Å². The number of carboxylic acids is 1. The van der Waals surface area contributed by atoms with Crippen LogP contribution < -0.4 is 4.90 Å². The van der Waals surface area contributed by atoms with Crippen molar-refractivity contribution >= 4 is 11.8 Å². The number of nitriles is 1. The number of aryl methyl sites for hydroxylation is 2. The molecule has 1 fully saturated rings. The Morgan fingerprint density at radius 3 is 3.00 bits per heavy atom. The van der Waals surface area contributed by atoms with Gasteiger partial charge in [-0.15, -0.1) is 0 Å². The van der Waals surface area contributed by atoms with Crippen molar-refractivity contribution in [1.82, 2.24) is 4.98 Å². The SMILES string of the molecule is CCC1(C(=O)O)CCCN1c1nc2c(cc1C#N)CCC2. The lowest BCUT2D eigenvalue weighted by Gasteiger charge is -2.35. The molecule has 3 rings (SSSR count). The lowest BCUT2D eigenvalue weighted by molar-refractivity contribution is -0.143. The molecule has 5 nitrogen and oxygen atoms in total. The molecule has 2 heterocycles. The zero-order valence-electron chi connectivity index (χ0n) is 12.2. The van der Waals surface area contributed by atoms with Crippen molar-refractivity contribution in [2.45, 2.75) is 51.0 Å². The van der Waals surface area contributed by atoms with Crippen molar-refractivity contribution in [3.05, 3.63) is 22.9 Å². The summed E-state index contributed by atoms with van der Waals surface area (Å²) in [5.41, 5.74) is 1.78. The third-order valence-corrected chi connectivity index (χ3v) is 4.88. The van der Waals surface area contributed by atoms with E-state index >= 15 is 0 Å². The molecule has 1 unspecified atom stereocenters. The number of carbonyl (C=O) groups is 1. The van der Waals surface area contributed by atoms with E-state index in [0.29, 0.717) is 30.8 Å². The molecule has 0 saturated carbocycles. The zero-order chi connectivity index (χ0) is 15.0. The van der Waals surface area contributed by atoms with Crippen molar-refractivity contribution in [3.63, 3.8) is 0 Å². The predicted molar refractivity (Wildman–Crippen MR) is 78.2 cm³/mol. The molecule has 0 aromatic carbocycles. The van der Waals surface area contributed by atoms with Crippen LogP contribution in [-0.4, -0.2) is 28.1 Å². The molecule has 5 heteroatoms. The third-order valence-electron chi connectivity index (χ3n) is 4.88. The molecule has 1 aromatic heterocycles. The van der Waals surface area contributed by atoms with Gasteiger partial charge in [0.1, 0.15) is 17.4 Å². The van der Waals surface area contributed by atoms with Crippen molar-refractivity contribution in [1.29, 1.82) is 5.26 Å². The van der Waals surface area contributed by atoms with E-state index in [1.807, 2.05) is 17.9 Å². The van der Waals surface area contributed by atoms with Gasteiger partial charge in [-0.2, -0.15) is 5.26 Å². The summed E-state index contributed by atoms with van der Waals surface area (Å²) >= 11 is 0. The number of pyridine rings is 1. The van der Waals surface area contributed by atoms with Crippen LogP contribution in [0.4, 0.5) is 5.82 Å². The van der Waals surface area contributed by atoms with Gasteiger partial charge in [0.15, 0.2) is 0 Å². The van der Waals surface area contributed by atoms with Crippen LogP contribution in [0.25, 0.3) is 0 Å². The first-order valence-electron chi connectivity index (χ1n) is 7.56. The van der Waals surface area contributed by atoms with Gasteiger partial charge in [-0.1, -0.05) is 6.92 Å². The largest absolute Gasteiger partial charge is 0.479 e. The standard InChI is InChI=1S/C16H19N3O2/c1-2-16(15(20)21)7-4-8-19(16)14-12(10-17)9-11-5-3-6-13(11)18-14/h9H,2-8H2,1H3,(H,20,21). The first-order chi connectivity index (χ1) is 10.1. The van der Waals surface area contributed by atoms with Gasteiger partial charge >= 0.3 is 5.97 Å². The summed E-state index contributed by atoms with van der Waals surface area (Å²) in [6.45, 7) is 2.55. The second-order valence-corrected chi connectivity index (χ2v) is 5.88. The van der Waals surface area contributed by atoms with Crippen LogP contribution in [0.2, 0.25) is 0 Å². The molecule has 2 aliphatic rings. The van der Waals surface area contributed by atoms with Gasteiger partial charge in [0.05, 0.1) is 5.56 Å². The van der Waals surface area contributed by atoms with E-state index in [1.165, 1.54) is 0 Å². The van der Waals surface area contributed by atoms with Gasteiger partial charge in [-0.25, -0.2) is 9.78 Å². The molecule has 0 bridgehead atoms. The number of hydrogen-bond acceptors (Lipinski definition) is 4. The van der Waals surface area contributed by atoms with Crippen LogP contribution in [0.5, 0.6) is 0 Å². The van der Waals surface area contributed by atoms with Crippen LogP contribution in [0.3, 0.4) is 0 Å². The smallest absolute Gasteiger partial charge is 0.329 e. The maximum absolute atomic E-state index is 11.8. The highest BCUT2D eigenvalue weighted by Crippen LogP contribution is 2.38. The summed E-state index contributed by atoms with van der Waals surface area (Å²) < 4.78 is 0. The number of aromatic nitrogens is 1. The Bertz CT molecular complexity index is 635. The van der Waals surface area contributed by atoms with Crippen LogP contribution in [-0.2, 0) is 17.6 Å². The second kappa shape index (κ2) is 5.03. The first-order valence-corrected chi connectivity index (χ1v) is 7.56. The average molecular weight is 285 g/mol. The molecule has 1 atom stereocenters. The fraction of sp³-hybridized carbons (Fsp3) is 0.562. The monoisotopic (exact) mass is 285 g/mol. The molecule has 1 N–H and O–H groups in total. The maximum atomic E-state index is 11.8. The molecular formula is C16H19N3O2. The Morgan fingerprint density at radius 1 is 1.52 bits per heavy atom.